The molecule has 0 radical (unpaired) electrons. The van der Waals surface area contributed by atoms with Crippen molar-refractivity contribution in [3.8, 4) is 0 Å². The van der Waals surface area contributed by atoms with E-state index in [0.29, 0.717) is 5.69 Å². The summed E-state index contributed by atoms with van der Waals surface area (Å²) in [5.41, 5.74) is 2.42. The maximum atomic E-state index is 11.3. The standard InChI is InChI=1S/C10H9BrN2O/c1-6-8(11)3-4-10-12-5-9(7(2)14)13(6)10/h3-5H,1-2H3. The Bertz CT molecular complexity index is 516. The predicted molar refractivity (Wildman–Crippen MR) is 57.6 cm³/mol. The highest BCUT2D eigenvalue weighted by Crippen LogP contribution is 2.19. The lowest BCUT2D eigenvalue weighted by atomic mass is 10.3. The molecule has 0 amide bonds. The number of Topliss-reactive ketones (excluding diaryl/α,β-unsaturated/α-hetero) is 1. The number of carbonyl (C=O) groups is 1. The minimum absolute atomic E-state index is 0.0266. The molecule has 0 bridgehead atoms. The third-order valence-electron chi connectivity index (χ3n) is 2.21. The van der Waals surface area contributed by atoms with Crippen LogP contribution in [0.5, 0.6) is 0 Å². The van der Waals surface area contributed by atoms with Gasteiger partial charge < -0.3 is 0 Å². The second kappa shape index (κ2) is 3.20. The van der Waals surface area contributed by atoms with E-state index in [1.54, 1.807) is 13.1 Å². The van der Waals surface area contributed by atoms with Gasteiger partial charge in [0.05, 0.1) is 6.20 Å². The molecule has 0 atom stereocenters. The topological polar surface area (TPSA) is 34.4 Å². The van der Waals surface area contributed by atoms with Gasteiger partial charge in [0, 0.05) is 17.1 Å². The van der Waals surface area contributed by atoms with Gasteiger partial charge in [0.1, 0.15) is 11.3 Å². The van der Waals surface area contributed by atoms with Gasteiger partial charge in [-0.1, -0.05) is 0 Å². The van der Waals surface area contributed by atoms with Crippen molar-refractivity contribution < 1.29 is 4.79 Å². The Balaban J connectivity index is 2.89. The average Bonchev–Trinajstić information content (AvgIpc) is 2.55. The first-order chi connectivity index (χ1) is 6.61. The number of fused-ring (bicyclic) bond motifs is 1. The SMILES string of the molecule is CC(=O)c1cnc2ccc(Br)c(C)n12. The van der Waals surface area contributed by atoms with Crippen LogP contribution >= 0.6 is 15.9 Å². The fourth-order valence-electron chi connectivity index (χ4n) is 1.46. The van der Waals surface area contributed by atoms with E-state index in [4.69, 9.17) is 0 Å². The lowest BCUT2D eigenvalue weighted by molar-refractivity contribution is 0.101. The van der Waals surface area contributed by atoms with Crippen LogP contribution in [0.15, 0.2) is 22.8 Å². The van der Waals surface area contributed by atoms with Crippen molar-refractivity contribution in [3.63, 3.8) is 0 Å². The normalized spacial score (nSPS) is 10.8. The van der Waals surface area contributed by atoms with Gasteiger partial charge in [-0.05, 0) is 35.0 Å². The van der Waals surface area contributed by atoms with Crippen LogP contribution in [0.25, 0.3) is 5.65 Å². The fraction of sp³-hybridized carbons (Fsp3) is 0.200. The van der Waals surface area contributed by atoms with E-state index in [9.17, 15) is 4.79 Å². The Kier molecular flexibility index (Phi) is 2.15. The molecule has 2 aromatic rings. The third kappa shape index (κ3) is 1.26. The van der Waals surface area contributed by atoms with Crippen LogP contribution < -0.4 is 0 Å². The number of rotatable bonds is 1. The monoisotopic (exact) mass is 252 g/mol. The Hall–Kier alpha value is -1.16. The fourth-order valence-corrected chi connectivity index (χ4v) is 1.77. The van der Waals surface area contributed by atoms with E-state index in [1.807, 2.05) is 23.5 Å². The van der Waals surface area contributed by atoms with Crippen molar-refractivity contribution in [2.75, 3.05) is 0 Å². The van der Waals surface area contributed by atoms with Gasteiger partial charge in [0.25, 0.3) is 0 Å². The Morgan fingerprint density at radius 1 is 1.50 bits per heavy atom. The third-order valence-corrected chi connectivity index (χ3v) is 3.05. The van der Waals surface area contributed by atoms with Crippen molar-refractivity contribution in [2.24, 2.45) is 0 Å². The highest BCUT2D eigenvalue weighted by Gasteiger charge is 2.10. The summed E-state index contributed by atoms with van der Waals surface area (Å²) in [7, 11) is 0. The molecule has 3 nitrogen and oxygen atoms in total. The van der Waals surface area contributed by atoms with Crippen LogP contribution in [-0.2, 0) is 0 Å². The second-order valence-corrected chi connectivity index (χ2v) is 4.01. The smallest absolute Gasteiger partial charge is 0.178 e. The number of nitrogens with zero attached hydrogens (tertiary/aromatic N) is 2. The number of hydrogen-bond donors (Lipinski definition) is 0. The average molecular weight is 253 g/mol. The molecule has 0 spiro atoms. The molecule has 0 saturated heterocycles. The molecule has 0 unspecified atom stereocenters. The van der Waals surface area contributed by atoms with Crippen molar-refractivity contribution in [1.82, 2.24) is 9.38 Å². The van der Waals surface area contributed by atoms with E-state index in [0.717, 1.165) is 15.8 Å². The molecule has 0 fully saturated rings. The minimum atomic E-state index is 0.0266. The predicted octanol–water partition coefficient (Wildman–Crippen LogP) is 2.61. The zero-order valence-corrected chi connectivity index (χ0v) is 9.50. The highest BCUT2D eigenvalue weighted by atomic mass is 79.9. The first-order valence-corrected chi connectivity index (χ1v) is 5.04. The van der Waals surface area contributed by atoms with E-state index < -0.39 is 0 Å². The summed E-state index contributed by atoms with van der Waals surface area (Å²) in [5, 5.41) is 0. The van der Waals surface area contributed by atoms with Crippen molar-refractivity contribution in [2.45, 2.75) is 13.8 Å². The number of ketones is 1. The van der Waals surface area contributed by atoms with Gasteiger partial charge >= 0.3 is 0 Å². The molecule has 0 aliphatic rings. The van der Waals surface area contributed by atoms with Gasteiger partial charge in [0.15, 0.2) is 5.78 Å². The zero-order chi connectivity index (χ0) is 10.3. The zero-order valence-electron chi connectivity index (χ0n) is 7.91. The summed E-state index contributed by atoms with van der Waals surface area (Å²) in [4.78, 5) is 15.5. The summed E-state index contributed by atoms with van der Waals surface area (Å²) in [6, 6.07) is 3.81. The quantitative estimate of drug-likeness (QED) is 0.732. The van der Waals surface area contributed by atoms with Crippen LogP contribution in [0.3, 0.4) is 0 Å². The van der Waals surface area contributed by atoms with Crippen LogP contribution in [0.2, 0.25) is 0 Å². The minimum Gasteiger partial charge on any atom is -0.293 e. The molecule has 4 heteroatoms. The molecule has 0 N–H and O–H groups in total. The van der Waals surface area contributed by atoms with Gasteiger partial charge in [0.2, 0.25) is 0 Å². The van der Waals surface area contributed by atoms with Gasteiger partial charge in [-0.2, -0.15) is 0 Å². The van der Waals surface area contributed by atoms with Crippen molar-refractivity contribution in [1.29, 1.82) is 0 Å². The largest absolute Gasteiger partial charge is 0.293 e. The first-order valence-electron chi connectivity index (χ1n) is 4.25. The van der Waals surface area contributed by atoms with E-state index in [-0.39, 0.29) is 5.78 Å². The molecule has 14 heavy (non-hydrogen) atoms. The molecule has 0 aromatic carbocycles. The highest BCUT2D eigenvalue weighted by molar-refractivity contribution is 9.10. The second-order valence-electron chi connectivity index (χ2n) is 3.16. The molecular weight excluding hydrogens is 244 g/mol. The number of imidazole rings is 1. The molecule has 2 heterocycles. The number of aromatic nitrogens is 2. The van der Waals surface area contributed by atoms with Crippen molar-refractivity contribution in [3.05, 3.63) is 34.2 Å². The van der Waals surface area contributed by atoms with Gasteiger partial charge in [-0.25, -0.2) is 4.98 Å². The summed E-state index contributed by atoms with van der Waals surface area (Å²) in [6.07, 6.45) is 1.61. The molecule has 2 rings (SSSR count). The van der Waals surface area contributed by atoms with Crippen LogP contribution in [-0.4, -0.2) is 15.2 Å². The number of halogens is 1. The summed E-state index contributed by atoms with van der Waals surface area (Å²) < 4.78 is 2.83. The van der Waals surface area contributed by atoms with Crippen LogP contribution in [0.4, 0.5) is 0 Å². The molecule has 0 saturated carbocycles. The van der Waals surface area contributed by atoms with E-state index >= 15 is 0 Å². The Labute approximate surface area is 89.9 Å². The van der Waals surface area contributed by atoms with Crippen LogP contribution in [0, 0.1) is 6.92 Å². The first kappa shape index (κ1) is 9.40. The van der Waals surface area contributed by atoms with Gasteiger partial charge in [-0.15, -0.1) is 0 Å². The van der Waals surface area contributed by atoms with E-state index in [2.05, 4.69) is 20.9 Å². The molecule has 0 aliphatic carbocycles. The summed E-state index contributed by atoms with van der Waals surface area (Å²) >= 11 is 3.42. The number of hydrogen-bond acceptors (Lipinski definition) is 2. The summed E-state index contributed by atoms with van der Waals surface area (Å²) in [6.45, 7) is 3.50. The Morgan fingerprint density at radius 2 is 2.21 bits per heavy atom. The summed E-state index contributed by atoms with van der Waals surface area (Å²) in [5.74, 6) is 0.0266. The number of carbonyl (C=O) groups excluding carboxylic acids is 1. The lowest BCUT2D eigenvalue weighted by Crippen LogP contribution is -2.01. The maximum Gasteiger partial charge on any atom is 0.178 e. The van der Waals surface area contributed by atoms with E-state index in [1.165, 1.54) is 0 Å². The Morgan fingerprint density at radius 3 is 2.86 bits per heavy atom. The lowest BCUT2D eigenvalue weighted by Gasteiger charge is -2.04. The maximum absolute atomic E-state index is 11.3. The number of aryl methyl sites for hydroxylation is 1. The van der Waals surface area contributed by atoms with Crippen LogP contribution in [0.1, 0.15) is 23.1 Å². The molecular formula is C10H9BrN2O. The van der Waals surface area contributed by atoms with Gasteiger partial charge in [-0.3, -0.25) is 9.20 Å². The molecule has 0 aliphatic heterocycles. The number of pyridine rings is 1. The molecule has 2 aromatic heterocycles. The van der Waals surface area contributed by atoms with Crippen molar-refractivity contribution >= 4 is 27.4 Å². The molecule has 72 valence electrons.